The lowest BCUT2D eigenvalue weighted by Crippen LogP contribution is -1.91. The van der Waals surface area contributed by atoms with E-state index in [4.69, 9.17) is 5.73 Å². The average molecular weight is 191 g/mol. The summed E-state index contributed by atoms with van der Waals surface area (Å²) in [6.07, 6.45) is 6.92. The first-order chi connectivity index (χ1) is 6.79. The summed E-state index contributed by atoms with van der Waals surface area (Å²) in [6.45, 7) is 4.00. The molecule has 0 aromatic carbocycles. The highest BCUT2D eigenvalue weighted by atomic mass is 15.0. The third-order valence-electron chi connectivity index (χ3n) is 1.59. The Kier molecular flexibility index (Phi) is 3.60. The molecule has 5 heteroatoms. The van der Waals surface area contributed by atoms with Crippen LogP contribution in [-0.4, -0.2) is 19.9 Å². The van der Waals surface area contributed by atoms with Gasteiger partial charge < -0.3 is 10.7 Å². The fraction of sp³-hybridized carbons (Fsp3) is 0.222. The molecule has 0 amide bonds. The molecular formula is C9H13N5. The van der Waals surface area contributed by atoms with Crippen molar-refractivity contribution in [1.82, 2.24) is 19.9 Å². The first-order valence-electron chi connectivity index (χ1n) is 4.26. The molecule has 0 saturated carbocycles. The van der Waals surface area contributed by atoms with E-state index in [-0.39, 0.29) is 0 Å². The van der Waals surface area contributed by atoms with Crippen LogP contribution in [0.4, 0.5) is 5.82 Å². The molecule has 0 fully saturated rings. The minimum Gasteiger partial charge on any atom is -0.382 e. The predicted octanol–water partition coefficient (Wildman–Crippen LogP) is 1.52. The molecule has 0 aliphatic heterocycles. The lowest BCUT2D eigenvalue weighted by molar-refractivity contribution is 1.21. The zero-order valence-electron chi connectivity index (χ0n) is 8.23. The Morgan fingerprint density at radius 1 is 1.21 bits per heavy atom. The van der Waals surface area contributed by atoms with Crippen molar-refractivity contribution >= 4 is 17.0 Å². The number of aromatic amines is 1. The van der Waals surface area contributed by atoms with Gasteiger partial charge in [0, 0.05) is 0 Å². The van der Waals surface area contributed by atoms with E-state index >= 15 is 0 Å². The average Bonchev–Trinajstić information content (AvgIpc) is 2.68. The van der Waals surface area contributed by atoms with Crippen LogP contribution in [0.2, 0.25) is 0 Å². The van der Waals surface area contributed by atoms with Crippen LogP contribution in [0.5, 0.6) is 0 Å². The normalized spacial score (nSPS) is 10.1. The van der Waals surface area contributed by atoms with Gasteiger partial charge in [0.1, 0.15) is 11.8 Å². The molecule has 5 nitrogen and oxygen atoms in total. The second-order valence-electron chi connectivity index (χ2n) is 2.53. The van der Waals surface area contributed by atoms with Gasteiger partial charge in [0.2, 0.25) is 0 Å². The number of hydrogen-bond acceptors (Lipinski definition) is 4. The molecule has 0 aliphatic rings. The molecule has 0 atom stereocenters. The Balaban J connectivity index is 0.000000213. The van der Waals surface area contributed by atoms with Gasteiger partial charge in [0.15, 0.2) is 11.5 Å². The van der Waals surface area contributed by atoms with Gasteiger partial charge in [0.05, 0.1) is 6.33 Å². The fourth-order valence-electron chi connectivity index (χ4n) is 0.784. The van der Waals surface area contributed by atoms with E-state index in [2.05, 4.69) is 19.9 Å². The number of H-pyrrole nitrogens is 1. The van der Waals surface area contributed by atoms with Crippen molar-refractivity contribution in [3.8, 4) is 0 Å². The maximum Gasteiger partial charge on any atom is 0.182 e. The molecule has 2 rings (SSSR count). The monoisotopic (exact) mass is 191 g/mol. The van der Waals surface area contributed by atoms with Gasteiger partial charge in [0.25, 0.3) is 0 Å². The van der Waals surface area contributed by atoms with E-state index in [1.54, 1.807) is 0 Å². The molecule has 2 heterocycles. The molecule has 0 radical (unpaired) electrons. The van der Waals surface area contributed by atoms with Crippen LogP contribution in [0.15, 0.2) is 24.8 Å². The second-order valence-corrected chi connectivity index (χ2v) is 2.53. The summed E-state index contributed by atoms with van der Waals surface area (Å²) in [7, 11) is 0. The number of nitrogen functional groups attached to an aromatic ring is 1. The van der Waals surface area contributed by atoms with Crippen LogP contribution in [0.3, 0.4) is 0 Å². The molecule has 0 aliphatic carbocycles. The summed E-state index contributed by atoms with van der Waals surface area (Å²) in [4.78, 5) is 14.4. The SMILES string of the molecule is CC=CC.Nc1ncnc2nc[nH]c12. The van der Waals surface area contributed by atoms with Crippen molar-refractivity contribution in [1.29, 1.82) is 0 Å². The third kappa shape index (κ3) is 2.29. The summed E-state index contributed by atoms with van der Waals surface area (Å²) in [5, 5.41) is 0. The number of nitrogens with one attached hydrogen (secondary N) is 1. The molecule has 2 aromatic heterocycles. The van der Waals surface area contributed by atoms with Gasteiger partial charge in [-0.2, -0.15) is 0 Å². The molecule has 0 unspecified atom stereocenters. The van der Waals surface area contributed by atoms with Gasteiger partial charge >= 0.3 is 0 Å². The number of nitrogens with two attached hydrogens (primary N) is 1. The summed E-state index contributed by atoms with van der Waals surface area (Å²) in [6, 6.07) is 0. The number of anilines is 1. The largest absolute Gasteiger partial charge is 0.382 e. The number of imidazole rings is 1. The van der Waals surface area contributed by atoms with Crippen molar-refractivity contribution in [2.75, 3.05) is 5.73 Å². The smallest absolute Gasteiger partial charge is 0.182 e. The number of allylic oxidation sites excluding steroid dienone is 2. The molecular weight excluding hydrogens is 178 g/mol. The molecule has 14 heavy (non-hydrogen) atoms. The van der Waals surface area contributed by atoms with Gasteiger partial charge in [-0.1, -0.05) is 12.2 Å². The number of fused-ring (bicyclic) bond motifs is 1. The van der Waals surface area contributed by atoms with Crippen molar-refractivity contribution in [2.24, 2.45) is 0 Å². The Labute approximate surface area is 82.1 Å². The summed E-state index contributed by atoms with van der Waals surface area (Å²) in [5.74, 6) is 0.433. The lowest BCUT2D eigenvalue weighted by atomic mass is 10.5. The minimum atomic E-state index is 0.433. The maximum absolute atomic E-state index is 5.48. The van der Waals surface area contributed by atoms with Crippen LogP contribution < -0.4 is 5.73 Å². The number of aromatic nitrogens is 4. The zero-order valence-corrected chi connectivity index (χ0v) is 8.23. The van der Waals surface area contributed by atoms with Crippen molar-refractivity contribution in [3.05, 3.63) is 24.8 Å². The fourth-order valence-corrected chi connectivity index (χ4v) is 0.784. The predicted molar refractivity (Wildman–Crippen MR) is 56.6 cm³/mol. The highest BCUT2D eigenvalue weighted by molar-refractivity contribution is 5.80. The van der Waals surface area contributed by atoms with Crippen LogP contribution in [0.25, 0.3) is 11.2 Å². The zero-order chi connectivity index (χ0) is 10.4. The Bertz CT molecular complexity index is 414. The maximum atomic E-state index is 5.48. The molecule has 0 spiro atoms. The van der Waals surface area contributed by atoms with Crippen molar-refractivity contribution < 1.29 is 0 Å². The quantitative estimate of drug-likeness (QED) is 0.618. The summed E-state index contributed by atoms with van der Waals surface area (Å²) < 4.78 is 0. The van der Waals surface area contributed by atoms with Gasteiger partial charge in [-0.05, 0) is 13.8 Å². The molecule has 3 N–H and O–H groups in total. The first-order valence-corrected chi connectivity index (χ1v) is 4.26. The van der Waals surface area contributed by atoms with E-state index in [1.165, 1.54) is 12.7 Å². The van der Waals surface area contributed by atoms with E-state index in [1.807, 2.05) is 26.0 Å². The lowest BCUT2D eigenvalue weighted by Gasteiger charge is -1.89. The van der Waals surface area contributed by atoms with E-state index in [9.17, 15) is 0 Å². The Hall–Kier alpha value is -1.91. The highest BCUT2D eigenvalue weighted by Crippen LogP contribution is 2.09. The first kappa shape index (κ1) is 10.2. The number of rotatable bonds is 0. The molecule has 0 saturated heterocycles. The molecule has 0 bridgehead atoms. The second kappa shape index (κ2) is 4.96. The summed E-state index contributed by atoms with van der Waals surface area (Å²) in [5.41, 5.74) is 6.78. The standard InChI is InChI=1S/C5H5N5.C4H8/c6-4-3-5(9-1-7-3)10-2-8-4;1-3-4-2/h1-2H,(H3,6,7,8,9,10);3-4H,1-2H3. The van der Waals surface area contributed by atoms with Crippen LogP contribution in [0.1, 0.15) is 13.8 Å². The van der Waals surface area contributed by atoms with Crippen molar-refractivity contribution in [3.63, 3.8) is 0 Å². The minimum absolute atomic E-state index is 0.433. The summed E-state index contributed by atoms with van der Waals surface area (Å²) >= 11 is 0. The topological polar surface area (TPSA) is 80.5 Å². The number of nitrogens with zero attached hydrogens (tertiary/aromatic N) is 3. The van der Waals surface area contributed by atoms with Crippen LogP contribution >= 0.6 is 0 Å². The van der Waals surface area contributed by atoms with E-state index < -0.39 is 0 Å². The van der Waals surface area contributed by atoms with Crippen molar-refractivity contribution in [2.45, 2.75) is 13.8 Å². The van der Waals surface area contributed by atoms with Crippen LogP contribution in [0, 0.1) is 0 Å². The highest BCUT2D eigenvalue weighted by Gasteiger charge is 1.99. The van der Waals surface area contributed by atoms with Gasteiger partial charge in [-0.3, -0.25) is 0 Å². The number of hydrogen-bond donors (Lipinski definition) is 2. The third-order valence-corrected chi connectivity index (χ3v) is 1.59. The van der Waals surface area contributed by atoms with Crippen LogP contribution in [-0.2, 0) is 0 Å². The van der Waals surface area contributed by atoms with Gasteiger partial charge in [-0.15, -0.1) is 0 Å². The van der Waals surface area contributed by atoms with E-state index in [0.29, 0.717) is 17.0 Å². The molecule has 74 valence electrons. The Morgan fingerprint density at radius 3 is 2.50 bits per heavy atom. The van der Waals surface area contributed by atoms with Gasteiger partial charge in [-0.25, -0.2) is 15.0 Å². The van der Waals surface area contributed by atoms with E-state index in [0.717, 1.165) is 0 Å². The molecule has 2 aromatic rings. The Morgan fingerprint density at radius 2 is 1.93 bits per heavy atom.